The number of benzene rings is 1. The second-order valence-electron chi connectivity index (χ2n) is 6.13. The molecule has 6 heteroatoms. The fraction of sp³-hybridized carbons (Fsp3) is 0.500. The number of hydrogen-bond donors (Lipinski definition) is 1. The summed E-state index contributed by atoms with van der Waals surface area (Å²) >= 11 is 0. The van der Waals surface area contributed by atoms with Gasteiger partial charge in [0.05, 0.1) is 12.3 Å². The number of carboxylic acids is 1. The molecule has 1 aromatic carbocycles. The van der Waals surface area contributed by atoms with Crippen LogP contribution in [0.2, 0.25) is 0 Å². The molecule has 1 aromatic rings. The molecule has 0 aliphatic carbocycles. The maximum atomic E-state index is 12.4. The molecule has 2 rings (SSSR count). The van der Waals surface area contributed by atoms with Crippen molar-refractivity contribution in [3.05, 3.63) is 23.8 Å². The number of aliphatic carboxylic acids is 1. The van der Waals surface area contributed by atoms with E-state index in [1.807, 2.05) is 6.92 Å². The highest BCUT2D eigenvalue weighted by Crippen LogP contribution is 2.36. The van der Waals surface area contributed by atoms with Gasteiger partial charge in [-0.3, -0.25) is 4.90 Å². The lowest BCUT2D eigenvalue weighted by atomic mass is 10.1. The molecule has 0 spiro atoms. The minimum Gasteiger partial charge on any atom is -0.494 e. The predicted octanol–water partition coefficient (Wildman–Crippen LogP) is 2.84. The molecule has 1 aliphatic rings. The van der Waals surface area contributed by atoms with Gasteiger partial charge in [0.15, 0.2) is 0 Å². The van der Waals surface area contributed by atoms with E-state index in [2.05, 4.69) is 0 Å². The quantitative estimate of drug-likeness (QED) is 0.929. The van der Waals surface area contributed by atoms with Gasteiger partial charge in [0, 0.05) is 12.5 Å². The topological polar surface area (TPSA) is 76.1 Å². The molecular formula is C16H21NO5. The van der Waals surface area contributed by atoms with Crippen LogP contribution >= 0.6 is 0 Å². The van der Waals surface area contributed by atoms with Crippen molar-refractivity contribution in [2.45, 2.75) is 45.8 Å². The third-order valence-corrected chi connectivity index (χ3v) is 3.23. The minimum absolute atomic E-state index is 0.260. The fourth-order valence-electron chi connectivity index (χ4n) is 2.40. The third-order valence-electron chi connectivity index (χ3n) is 3.23. The number of nitrogens with zero attached hydrogens (tertiary/aromatic N) is 1. The summed E-state index contributed by atoms with van der Waals surface area (Å²) in [4.78, 5) is 25.1. The van der Waals surface area contributed by atoms with Crippen molar-refractivity contribution < 1.29 is 24.2 Å². The molecule has 120 valence electrons. The summed E-state index contributed by atoms with van der Waals surface area (Å²) < 4.78 is 10.8. The van der Waals surface area contributed by atoms with Gasteiger partial charge in [-0.1, -0.05) is 6.07 Å². The van der Waals surface area contributed by atoms with Crippen LogP contribution < -0.4 is 9.64 Å². The van der Waals surface area contributed by atoms with Crippen LogP contribution in [0.25, 0.3) is 0 Å². The Hall–Kier alpha value is -2.24. The Morgan fingerprint density at radius 3 is 2.59 bits per heavy atom. The van der Waals surface area contributed by atoms with Gasteiger partial charge in [0.1, 0.15) is 17.4 Å². The SMILES string of the molecule is CCOc1ccc2c(c1)N(C(=O)OC(C)(C)C)C(C(=O)O)C2. The Labute approximate surface area is 129 Å². The second-order valence-corrected chi connectivity index (χ2v) is 6.13. The average molecular weight is 307 g/mol. The number of ether oxygens (including phenoxy) is 2. The van der Waals surface area contributed by atoms with Crippen LogP contribution in [0.1, 0.15) is 33.3 Å². The summed E-state index contributed by atoms with van der Waals surface area (Å²) in [6, 6.07) is 4.30. The summed E-state index contributed by atoms with van der Waals surface area (Å²) in [6.45, 7) is 7.59. The van der Waals surface area contributed by atoms with Crippen LogP contribution in [0.15, 0.2) is 18.2 Å². The highest BCUT2D eigenvalue weighted by Gasteiger charge is 2.40. The predicted molar refractivity (Wildman–Crippen MR) is 81.5 cm³/mol. The zero-order chi connectivity index (χ0) is 16.5. The average Bonchev–Trinajstić information content (AvgIpc) is 2.76. The van der Waals surface area contributed by atoms with Crippen LogP contribution in [-0.2, 0) is 16.0 Å². The maximum Gasteiger partial charge on any atom is 0.415 e. The lowest BCUT2D eigenvalue weighted by Crippen LogP contribution is -2.45. The summed E-state index contributed by atoms with van der Waals surface area (Å²) in [7, 11) is 0. The second kappa shape index (κ2) is 5.87. The summed E-state index contributed by atoms with van der Waals surface area (Å²) in [6.07, 6.45) is -0.400. The molecule has 0 saturated carbocycles. The van der Waals surface area contributed by atoms with Crippen LogP contribution in [0, 0.1) is 0 Å². The molecule has 1 N–H and O–H groups in total. The third kappa shape index (κ3) is 3.32. The number of hydrogen-bond acceptors (Lipinski definition) is 4. The Bertz CT molecular complexity index is 591. The number of carbonyl (C=O) groups is 2. The standard InChI is InChI=1S/C16H21NO5/c1-5-21-11-7-6-10-8-13(14(18)19)17(12(10)9-11)15(20)22-16(2,3)4/h6-7,9,13H,5,8H2,1-4H3,(H,18,19). The Morgan fingerprint density at radius 1 is 1.36 bits per heavy atom. The molecule has 1 amide bonds. The molecule has 1 aliphatic heterocycles. The summed E-state index contributed by atoms with van der Waals surface area (Å²) in [5.74, 6) is -0.458. The fourth-order valence-corrected chi connectivity index (χ4v) is 2.40. The smallest absolute Gasteiger partial charge is 0.415 e. The van der Waals surface area contributed by atoms with Gasteiger partial charge in [-0.25, -0.2) is 9.59 Å². The minimum atomic E-state index is -1.06. The lowest BCUT2D eigenvalue weighted by Gasteiger charge is -2.27. The van der Waals surface area contributed by atoms with Crippen molar-refractivity contribution in [1.82, 2.24) is 0 Å². The van der Waals surface area contributed by atoms with E-state index in [1.165, 1.54) is 4.90 Å². The number of carbonyl (C=O) groups excluding carboxylic acids is 1. The van der Waals surface area contributed by atoms with E-state index < -0.39 is 23.7 Å². The van der Waals surface area contributed by atoms with E-state index in [9.17, 15) is 14.7 Å². The summed E-state index contributed by atoms with van der Waals surface area (Å²) in [5, 5.41) is 9.40. The molecule has 0 aromatic heterocycles. The number of fused-ring (bicyclic) bond motifs is 1. The molecule has 1 atom stereocenters. The zero-order valence-corrected chi connectivity index (χ0v) is 13.3. The first kappa shape index (κ1) is 16.1. The molecule has 1 unspecified atom stereocenters. The van der Waals surface area contributed by atoms with E-state index in [0.717, 1.165) is 5.56 Å². The monoisotopic (exact) mass is 307 g/mol. The first-order valence-electron chi connectivity index (χ1n) is 7.23. The molecular weight excluding hydrogens is 286 g/mol. The number of amides is 1. The van der Waals surface area contributed by atoms with Gasteiger partial charge in [-0.15, -0.1) is 0 Å². The van der Waals surface area contributed by atoms with Gasteiger partial charge >= 0.3 is 12.1 Å². The Morgan fingerprint density at radius 2 is 2.05 bits per heavy atom. The van der Waals surface area contributed by atoms with Crippen molar-refractivity contribution in [3.8, 4) is 5.75 Å². The zero-order valence-electron chi connectivity index (χ0n) is 13.3. The van der Waals surface area contributed by atoms with E-state index in [-0.39, 0.29) is 6.42 Å². The van der Waals surface area contributed by atoms with E-state index in [4.69, 9.17) is 9.47 Å². The number of carboxylic acid groups (broad SMARTS) is 1. The number of rotatable bonds is 3. The van der Waals surface area contributed by atoms with Gasteiger partial charge in [-0.05, 0) is 39.3 Å². The highest BCUT2D eigenvalue weighted by molar-refractivity contribution is 5.98. The lowest BCUT2D eigenvalue weighted by molar-refractivity contribution is -0.138. The van der Waals surface area contributed by atoms with Crippen molar-refractivity contribution in [3.63, 3.8) is 0 Å². The van der Waals surface area contributed by atoms with Crippen molar-refractivity contribution in [2.24, 2.45) is 0 Å². The van der Waals surface area contributed by atoms with E-state index in [0.29, 0.717) is 18.0 Å². The van der Waals surface area contributed by atoms with Crippen LogP contribution in [0.5, 0.6) is 5.75 Å². The van der Waals surface area contributed by atoms with Gasteiger partial charge in [-0.2, -0.15) is 0 Å². The molecule has 0 radical (unpaired) electrons. The Balaban J connectivity index is 2.38. The van der Waals surface area contributed by atoms with Crippen molar-refractivity contribution >= 4 is 17.7 Å². The molecule has 0 bridgehead atoms. The molecule has 1 heterocycles. The van der Waals surface area contributed by atoms with Crippen LogP contribution in [0.4, 0.5) is 10.5 Å². The maximum absolute atomic E-state index is 12.4. The summed E-state index contributed by atoms with van der Waals surface area (Å²) in [5.41, 5.74) is 0.634. The van der Waals surface area contributed by atoms with Gasteiger partial charge in [0.25, 0.3) is 0 Å². The normalized spacial score (nSPS) is 17.1. The largest absolute Gasteiger partial charge is 0.494 e. The molecule has 6 nitrogen and oxygen atoms in total. The first-order valence-corrected chi connectivity index (χ1v) is 7.23. The van der Waals surface area contributed by atoms with Gasteiger partial charge in [0.2, 0.25) is 0 Å². The van der Waals surface area contributed by atoms with Crippen molar-refractivity contribution in [2.75, 3.05) is 11.5 Å². The molecule has 0 saturated heterocycles. The van der Waals surface area contributed by atoms with Gasteiger partial charge < -0.3 is 14.6 Å². The highest BCUT2D eigenvalue weighted by atomic mass is 16.6. The van der Waals surface area contributed by atoms with Crippen molar-refractivity contribution in [1.29, 1.82) is 0 Å². The first-order chi connectivity index (χ1) is 10.2. The molecule has 0 fully saturated rings. The molecule has 22 heavy (non-hydrogen) atoms. The van der Waals surface area contributed by atoms with Crippen LogP contribution in [0.3, 0.4) is 0 Å². The number of anilines is 1. The van der Waals surface area contributed by atoms with E-state index >= 15 is 0 Å². The van der Waals surface area contributed by atoms with Crippen LogP contribution in [-0.4, -0.2) is 35.4 Å². The van der Waals surface area contributed by atoms with E-state index in [1.54, 1.807) is 39.0 Å². The Kier molecular flexibility index (Phi) is 4.30.